The van der Waals surface area contributed by atoms with Gasteiger partial charge in [-0.3, -0.25) is 4.79 Å². The van der Waals surface area contributed by atoms with E-state index in [9.17, 15) is 4.79 Å². The summed E-state index contributed by atoms with van der Waals surface area (Å²) in [6.45, 7) is 6.10. The fourth-order valence-electron chi connectivity index (χ4n) is 2.27. The lowest BCUT2D eigenvalue weighted by atomic mass is 9.95. The Morgan fingerprint density at radius 1 is 1.53 bits per heavy atom. The normalized spacial score (nSPS) is 23.9. The number of piperidine rings is 1. The van der Waals surface area contributed by atoms with Crippen molar-refractivity contribution in [1.29, 1.82) is 0 Å². The SMILES string of the molecule is CCC[C@H](N)C(=O)N1CCCC(CC)C1. The summed E-state index contributed by atoms with van der Waals surface area (Å²) in [7, 11) is 0. The number of amides is 1. The van der Waals surface area contributed by atoms with Crippen LogP contribution in [0, 0.1) is 5.92 Å². The maximum Gasteiger partial charge on any atom is 0.239 e. The molecule has 1 aliphatic heterocycles. The van der Waals surface area contributed by atoms with E-state index < -0.39 is 0 Å². The van der Waals surface area contributed by atoms with Crippen molar-refractivity contribution in [3.05, 3.63) is 0 Å². The smallest absolute Gasteiger partial charge is 0.239 e. The summed E-state index contributed by atoms with van der Waals surface area (Å²) in [6.07, 6.45) is 5.38. The summed E-state index contributed by atoms with van der Waals surface area (Å²) in [4.78, 5) is 13.9. The Bertz CT molecular complexity index is 206. The highest BCUT2D eigenvalue weighted by molar-refractivity contribution is 5.81. The summed E-state index contributed by atoms with van der Waals surface area (Å²) in [5, 5.41) is 0. The lowest BCUT2D eigenvalue weighted by Gasteiger charge is -2.33. The van der Waals surface area contributed by atoms with E-state index in [0.29, 0.717) is 5.92 Å². The van der Waals surface area contributed by atoms with E-state index in [1.54, 1.807) is 0 Å². The minimum atomic E-state index is -0.273. The van der Waals surface area contributed by atoms with Crippen LogP contribution in [0.15, 0.2) is 0 Å². The van der Waals surface area contributed by atoms with E-state index in [1.165, 1.54) is 12.8 Å². The predicted molar refractivity (Wildman–Crippen MR) is 62.5 cm³/mol. The number of likely N-dealkylation sites (tertiary alicyclic amines) is 1. The molecule has 1 fully saturated rings. The highest BCUT2D eigenvalue weighted by Crippen LogP contribution is 2.19. The first-order valence-corrected chi connectivity index (χ1v) is 6.23. The highest BCUT2D eigenvalue weighted by Gasteiger charge is 2.25. The van der Waals surface area contributed by atoms with Gasteiger partial charge in [0.2, 0.25) is 5.91 Å². The molecule has 3 nitrogen and oxygen atoms in total. The third kappa shape index (κ3) is 3.49. The second-order valence-electron chi connectivity index (χ2n) is 4.60. The predicted octanol–water partition coefficient (Wildman–Crippen LogP) is 1.76. The van der Waals surface area contributed by atoms with Crippen LogP contribution >= 0.6 is 0 Å². The van der Waals surface area contributed by atoms with Gasteiger partial charge in [-0.15, -0.1) is 0 Å². The number of rotatable bonds is 4. The minimum Gasteiger partial charge on any atom is -0.341 e. The van der Waals surface area contributed by atoms with Crippen LogP contribution < -0.4 is 5.73 Å². The zero-order valence-electron chi connectivity index (χ0n) is 10.0. The summed E-state index contributed by atoms with van der Waals surface area (Å²) in [5.41, 5.74) is 5.85. The van der Waals surface area contributed by atoms with Crippen molar-refractivity contribution in [2.45, 2.75) is 52.0 Å². The molecule has 0 aliphatic carbocycles. The molecule has 1 heterocycles. The molecule has 0 bridgehead atoms. The molecule has 0 saturated carbocycles. The zero-order valence-corrected chi connectivity index (χ0v) is 10.0. The molecule has 1 amide bonds. The van der Waals surface area contributed by atoms with Gasteiger partial charge in [-0.05, 0) is 25.2 Å². The van der Waals surface area contributed by atoms with Crippen LogP contribution in [-0.2, 0) is 4.79 Å². The van der Waals surface area contributed by atoms with Crippen LogP contribution in [0.4, 0.5) is 0 Å². The summed E-state index contributed by atoms with van der Waals surface area (Å²) in [6, 6.07) is -0.273. The van der Waals surface area contributed by atoms with E-state index in [1.807, 2.05) is 4.90 Å². The number of carbonyl (C=O) groups is 1. The molecule has 0 aromatic rings. The van der Waals surface area contributed by atoms with Gasteiger partial charge in [-0.1, -0.05) is 26.7 Å². The monoisotopic (exact) mass is 212 g/mol. The van der Waals surface area contributed by atoms with Gasteiger partial charge in [0.1, 0.15) is 0 Å². The first kappa shape index (κ1) is 12.5. The van der Waals surface area contributed by atoms with E-state index in [-0.39, 0.29) is 11.9 Å². The fraction of sp³-hybridized carbons (Fsp3) is 0.917. The molecule has 2 N–H and O–H groups in total. The van der Waals surface area contributed by atoms with Crippen molar-refractivity contribution in [3.8, 4) is 0 Å². The molecule has 1 aliphatic rings. The highest BCUT2D eigenvalue weighted by atomic mass is 16.2. The molecule has 1 unspecified atom stereocenters. The molecule has 1 rings (SSSR count). The number of nitrogens with two attached hydrogens (primary N) is 1. The van der Waals surface area contributed by atoms with Crippen molar-refractivity contribution in [3.63, 3.8) is 0 Å². The first-order chi connectivity index (χ1) is 7.19. The molecule has 3 heteroatoms. The number of carbonyl (C=O) groups excluding carboxylic acids is 1. The summed E-state index contributed by atoms with van der Waals surface area (Å²) >= 11 is 0. The first-order valence-electron chi connectivity index (χ1n) is 6.23. The Morgan fingerprint density at radius 2 is 2.27 bits per heavy atom. The van der Waals surface area contributed by atoms with E-state index >= 15 is 0 Å². The van der Waals surface area contributed by atoms with Crippen molar-refractivity contribution < 1.29 is 4.79 Å². The molecular weight excluding hydrogens is 188 g/mol. The zero-order chi connectivity index (χ0) is 11.3. The Morgan fingerprint density at radius 3 is 2.87 bits per heavy atom. The molecule has 1 saturated heterocycles. The van der Waals surface area contributed by atoms with Gasteiger partial charge in [-0.25, -0.2) is 0 Å². The van der Waals surface area contributed by atoms with Gasteiger partial charge in [-0.2, -0.15) is 0 Å². The minimum absolute atomic E-state index is 0.162. The maximum absolute atomic E-state index is 12.0. The molecule has 0 aromatic carbocycles. The van der Waals surface area contributed by atoms with Gasteiger partial charge in [0.25, 0.3) is 0 Å². The summed E-state index contributed by atoms with van der Waals surface area (Å²) < 4.78 is 0. The number of hydrogen-bond donors (Lipinski definition) is 1. The molecule has 88 valence electrons. The average Bonchev–Trinajstić information content (AvgIpc) is 2.28. The van der Waals surface area contributed by atoms with Crippen LogP contribution in [-0.4, -0.2) is 29.9 Å². The molecule has 15 heavy (non-hydrogen) atoms. The molecular formula is C12H24N2O. The van der Waals surface area contributed by atoms with Gasteiger partial charge < -0.3 is 10.6 Å². The lowest BCUT2D eigenvalue weighted by Crippen LogP contribution is -2.47. The summed E-state index contributed by atoms with van der Waals surface area (Å²) in [5.74, 6) is 0.853. The molecule has 0 aromatic heterocycles. The van der Waals surface area contributed by atoms with Crippen LogP contribution in [0.3, 0.4) is 0 Å². The topological polar surface area (TPSA) is 46.3 Å². The standard InChI is InChI=1S/C12H24N2O/c1-3-6-11(13)12(15)14-8-5-7-10(4-2)9-14/h10-11H,3-9,13H2,1-2H3/t10?,11-/m0/s1. The Hall–Kier alpha value is -0.570. The van der Waals surface area contributed by atoms with Crippen LogP contribution in [0.5, 0.6) is 0 Å². The maximum atomic E-state index is 12.0. The third-order valence-corrected chi connectivity index (χ3v) is 3.32. The van der Waals surface area contributed by atoms with Crippen molar-refractivity contribution >= 4 is 5.91 Å². The van der Waals surface area contributed by atoms with Crippen molar-refractivity contribution in [2.24, 2.45) is 11.7 Å². The van der Waals surface area contributed by atoms with Crippen molar-refractivity contribution in [1.82, 2.24) is 4.90 Å². The van der Waals surface area contributed by atoms with Crippen LogP contribution in [0.1, 0.15) is 46.0 Å². The molecule has 2 atom stereocenters. The van der Waals surface area contributed by atoms with E-state index in [0.717, 1.165) is 32.4 Å². The largest absolute Gasteiger partial charge is 0.341 e. The Labute approximate surface area is 93.0 Å². The lowest BCUT2D eigenvalue weighted by molar-refractivity contribution is -0.134. The second-order valence-corrected chi connectivity index (χ2v) is 4.60. The molecule has 0 spiro atoms. The van der Waals surface area contributed by atoms with Gasteiger partial charge in [0.15, 0.2) is 0 Å². The van der Waals surface area contributed by atoms with Crippen LogP contribution in [0.2, 0.25) is 0 Å². The second kappa shape index (κ2) is 6.11. The van der Waals surface area contributed by atoms with E-state index in [4.69, 9.17) is 5.73 Å². The van der Waals surface area contributed by atoms with Gasteiger partial charge in [0, 0.05) is 13.1 Å². The number of nitrogens with zero attached hydrogens (tertiary/aromatic N) is 1. The Balaban J connectivity index is 2.44. The van der Waals surface area contributed by atoms with Gasteiger partial charge >= 0.3 is 0 Å². The quantitative estimate of drug-likeness (QED) is 0.772. The average molecular weight is 212 g/mol. The van der Waals surface area contributed by atoms with E-state index in [2.05, 4.69) is 13.8 Å². The van der Waals surface area contributed by atoms with Crippen molar-refractivity contribution in [2.75, 3.05) is 13.1 Å². The molecule has 0 radical (unpaired) electrons. The van der Waals surface area contributed by atoms with Crippen LogP contribution in [0.25, 0.3) is 0 Å². The Kier molecular flexibility index (Phi) is 5.09. The number of hydrogen-bond acceptors (Lipinski definition) is 2. The third-order valence-electron chi connectivity index (χ3n) is 3.32. The van der Waals surface area contributed by atoms with Gasteiger partial charge in [0.05, 0.1) is 6.04 Å². The fourth-order valence-corrected chi connectivity index (χ4v) is 2.27.